The summed E-state index contributed by atoms with van der Waals surface area (Å²) in [6.45, 7) is 4.67. The van der Waals surface area contributed by atoms with Crippen LogP contribution in [0.25, 0.3) is 0 Å². The predicted molar refractivity (Wildman–Crippen MR) is 36.5 cm³/mol. The van der Waals surface area contributed by atoms with Crippen molar-refractivity contribution in [2.75, 3.05) is 0 Å². The van der Waals surface area contributed by atoms with E-state index < -0.39 is 0 Å². The molecule has 8 heavy (non-hydrogen) atoms. The van der Waals surface area contributed by atoms with Crippen LogP contribution in [0.1, 0.15) is 33.1 Å². The molecule has 0 aromatic carbocycles. The second kappa shape index (κ2) is 2.52. The Morgan fingerprint density at radius 1 is 1.38 bits per heavy atom. The van der Waals surface area contributed by atoms with Crippen molar-refractivity contribution in [1.29, 1.82) is 0 Å². The van der Waals surface area contributed by atoms with Crippen molar-refractivity contribution in [2.45, 2.75) is 33.1 Å². The number of hydrogen-bond acceptors (Lipinski definition) is 0. The van der Waals surface area contributed by atoms with Crippen LogP contribution < -0.4 is 0 Å². The van der Waals surface area contributed by atoms with E-state index in [0.29, 0.717) is 0 Å². The molecule has 0 nitrogen and oxygen atoms in total. The van der Waals surface area contributed by atoms with Crippen LogP contribution in [-0.2, 0) is 0 Å². The van der Waals surface area contributed by atoms with E-state index in [1.165, 1.54) is 19.3 Å². The molecule has 0 aromatic heterocycles. The first-order valence-electron chi connectivity index (χ1n) is 3.64. The van der Waals surface area contributed by atoms with E-state index in [4.69, 9.17) is 0 Å². The number of hydrogen-bond donors (Lipinski definition) is 0. The van der Waals surface area contributed by atoms with Crippen molar-refractivity contribution in [3.63, 3.8) is 0 Å². The largest absolute Gasteiger partial charge is 0.0622 e. The molecule has 0 heterocycles. The van der Waals surface area contributed by atoms with Crippen molar-refractivity contribution in [3.05, 3.63) is 6.42 Å². The molecule has 1 rings (SSSR count). The first kappa shape index (κ1) is 6.12. The van der Waals surface area contributed by atoms with E-state index in [0.717, 1.165) is 11.8 Å². The molecule has 1 aliphatic carbocycles. The summed E-state index contributed by atoms with van der Waals surface area (Å²) < 4.78 is 0. The molecule has 1 radical (unpaired) electrons. The van der Waals surface area contributed by atoms with Gasteiger partial charge in [-0.1, -0.05) is 26.7 Å². The molecule has 0 aromatic rings. The Morgan fingerprint density at radius 3 is 2.50 bits per heavy atom. The van der Waals surface area contributed by atoms with Crippen LogP contribution in [0.15, 0.2) is 0 Å². The highest BCUT2D eigenvalue weighted by Gasteiger charge is 2.15. The summed E-state index contributed by atoms with van der Waals surface area (Å²) in [6.07, 6.45) is 6.67. The Labute approximate surface area is 52.3 Å². The van der Waals surface area contributed by atoms with Crippen molar-refractivity contribution in [1.82, 2.24) is 0 Å². The van der Waals surface area contributed by atoms with Gasteiger partial charge in [0.2, 0.25) is 0 Å². The van der Waals surface area contributed by atoms with Crippen LogP contribution in [0.5, 0.6) is 0 Å². The second-order valence-corrected chi connectivity index (χ2v) is 3.00. The Hall–Kier alpha value is 0. The van der Waals surface area contributed by atoms with Crippen LogP contribution >= 0.6 is 0 Å². The van der Waals surface area contributed by atoms with Gasteiger partial charge in [0.25, 0.3) is 0 Å². The fraction of sp³-hybridized carbons (Fsp3) is 0.875. The molecule has 1 aliphatic rings. The Kier molecular flexibility index (Phi) is 1.93. The maximum atomic E-state index is 2.45. The van der Waals surface area contributed by atoms with Gasteiger partial charge in [0.15, 0.2) is 0 Å². The molecule has 1 fully saturated rings. The van der Waals surface area contributed by atoms with E-state index in [-0.39, 0.29) is 0 Å². The number of rotatable bonds is 0. The SMILES string of the molecule is C[C@@H]1[CH]CCC[C@@H]1C. The van der Waals surface area contributed by atoms with Gasteiger partial charge in [-0.05, 0) is 24.7 Å². The van der Waals surface area contributed by atoms with Crippen molar-refractivity contribution >= 4 is 0 Å². The minimum atomic E-state index is 0.878. The van der Waals surface area contributed by atoms with Crippen LogP contribution in [0, 0.1) is 18.3 Å². The van der Waals surface area contributed by atoms with Gasteiger partial charge in [-0.25, -0.2) is 0 Å². The molecule has 0 N–H and O–H groups in total. The molecular formula is C8H15. The van der Waals surface area contributed by atoms with E-state index >= 15 is 0 Å². The zero-order valence-electron chi connectivity index (χ0n) is 5.85. The molecule has 0 unspecified atom stereocenters. The average molecular weight is 111 g/mol. The molecule has 0 saturated heterocycles. The van der Waals surface area contributed by atoms with E-state index in [1.807, 2.05) is 0 Å². The fourth-order valence-electron chi connectivity index (χ4n) is 1.32. The van der Waals surface area contributed by atoms with E-state index in [1.54, 1.807) is 0 Å². The molecule has 2 atom stereocenters. The van der Waals surface area contributed by atoms with Gasteiger partial charge < -0.3 is 0 Å². The minimum absolute atomic E-state index is 0.878. The smallest absolute Gasteiger partial charge is 0.0355 e. The fourth-order valence-corrected chi connectivity index (χ4v) is 1.32. The molecule has 0 bridgehead atoms. The lowest BCUT2D eigenvalue weighted by Gasteiger charge is -2.24. The topological polar surface area (TPSA) is 0 Å². The molecule has 0 aliphatic heterocycles. The summed E-state index contributed by atoms with van der Waals surface area (Å²) in [6, 6.07) is 0. The van der Waals surface area contributed by atoms with Crippen LogP contribution in [0.3, 0.4) is 0 Å². The highest BCUT2D eigenvalue weighted by molar-refractivity contribution is 4.81. The van der Waals surface area contributed by atoms with Gasteiger partial charge in [0, 0.05) is 0 Å². The van der Waals surface area contributed by atoms with Gasteiger partial charge in [-0.3, -0.25) is 0 Å². The summed E-state index contributed by atoms with van der Waals surface area (Å²) in [5.41, 5.74) is 0. The normalized spacial score (nSPS) is 39.8. The van der Waals surface area contributed by atoms with Gasteiger partial charge in [-0.15, -0.1) is 0 Å². The second-order valence-electron chi connectivity index (χ2n) is 3.00. The third-order valence-corrected chi connectivity index (χ3v) is 2.30. The van der Waals surface area contributed by atoms with Gasteiger partial charge in [0.05, 0.1) is 0 Å². The summed E-state index contributed by atoms with van der Waals surface area (Å²) in [4.78, 5) is 0. The van der Waals surface area contributed by atoms with Gasteiger partial charge in [0.1, 0.15) is 0 Å². The Bertz CT molecular complexity index is 56.4. The monoisotopic (exact) mass is 111 g/mol. The summed E-state index contributed by atoms with van der Waals surface area (Å²) >= 11 is 0. The summed E-state index contributed by atoms with van der Waals surface area (Å²) in [5, 5.41) is 0. The third kappa shape index (κ3) is 1.24. The van der Waals surface area contributed by atoms with Crippen LogP contribution in [0.2, 0.25) is 0 Å². The summed E-state index contributed by atoms with van der Waals surface area (Å²) in [5.74, 6) is 1.83. The zero-order valence-corrected chi connectivity index (χ0v) is 5.85. The molecule has 1 saturated carbocycles. The first-order chi connectivity index (χ1) is 3.80. The lowest BCUT2D eigenvalue weighted by Crippen LogP contribution is -2.13. The highest BCUT2D eigenvalue weighted by atomic mass is 14.2. The molecular weight excluding hydrogens is 96.1 g/mol. The predicted octanol–water partition coefficient (Wildman–Crippen LogP) is 2.65. The van der Waals surface area contributed by atoms with E-state index in [2.05, 4.69) is 20.3 Å². The lowest BCUT2D eigenvalue weighted by molar-refractivity contribution is 0.344. The molecule has 0 amide bonds. The molecule has 47 valence electrons. The van der Waals surface area contributed by atoms with Crippen molar-refractivity contribution in [2.24, 2.45) is 11.8 Å². The quantitative estimate of drug-likeness (QED) is 0.451. The first-order valence-corrected chi connectivity index (χ1v) is 3.64. The van der Waals surface area contributed by atoms with Crippen LogP contribution in [0.4, 0.5) is 0 Å². The van der Waals surface area contributed by atoms with Crippen molar-refractivity contribution in [3.8, 4) is 0 Å². The Balaban J connectivity index is 2.28. The minimum Gasteiger partial charge on any atom is -0.0622 e. The Morgan fingerprint density at radius 2 is 2.12 bits per heavy atom. The van der Waals surface area contributed by atoms with E-state index in [9.17, 15) is 0 Å². The van der Waals surface area contributed by atoms with Gasteiger partial charge >= 0.3 is 0 Å². The molecule has 0 spiro atoms. The molecule has 0 heteroatoms. The lowest BCUT2D eigenvalue weighted by atomic mass is 9.82. The maximum Gasteiger partial charge on any atom is -0.0355 e. The summed E-state index contributed by atoms with van der Waals surface area (Å²) in [7, 11) is 0. The van der Waals surface area contributed by atoms with Crippen LogP contribution in [-0.4, -0.2) is 0 Å². The van der Waals surface area contributed by atoms with Gasteiger partial charge in [-0.2, -0.15) is 0 Å². The average Bonchev–Trinajstić information content (AvgIpc) is 1.77. The highest BCUT2D eigenvalue weighted by Crippen LogP contribution is 2.27. The zero-order chi connectivity index (χ0) is 5.98. The standard InChI is InChI=1S/C8H15/c1-7-5-3-4-6-8(7)2/h5,7-8H,3-4,6H2,1-2H3/t7-,8+/m1/s1. The maximum absolute atomic E-state index is 2.45. The third-order valence-electron chi connectivity index (χ3n) is 2.30. The van der Waals surface area contributed by atoms with Crippen molar-refractivity contribution < 1.29 is 0 Å².